The van der Waals surface area contributed by atoms with Crippen molar-refractivity contribution in [1.29, 1.82) is 0 Å². The Balaban J connectivity index is 1.68. The van der Waals surface area contributed by atoms with Crippen LogP contribution in [0, 0.1) is 12.8 Å². The third-order valence-corrected chi connectivity index (χ3v) is 6.08. The number of carboxylic acid groups (broad SMARTS) is 1. The Morgan fingerprint density at radius 3 is 2.56 bits per heavy atom. The van der Waals surface area contributed by atoms with Crippen LogP contribution in [0.15, 0.2) is 66.7 Å². The van der Waals surface area contributed by atoms with Crippen LogP contribution in [0.2, 0.25) is 0 Å². The summed E-state index contributed by atoms with van der Waals surface area (Å²) < 4.78 is 0. The van der Waals surface area contributed by atoms with Gasteiger partial charge in [0.05, 0.1) is 11.6 Å². The molecular formula is C24H21NO2. The van der Waals surface area contributed by atoms with Gasteiger partial charge >= 0.3 is 5.97 Å². The summed E-state index contributed by atoms with van der Waals surface area (Å²) in [5.74, 6) is -0.272. The summed E-state index contributed by atoms with van der Waals surface area (Å²) in [5, 5.41) is 13.2. The van der Waals surface area contributed by atoms with Crippen LogP contribution in [0.4, 0.5) is 5.69 Å². The van der Waals surface area contributed by atoms with Gasteiger partial charge in [-0.3, -0.25) is 0 Å². The van der Waals surface area contributed by atoms with Gasteiger partial charge in [-0.25, -0.2) is 4.79 Å². The first-order chi connectivity index (χ1) is 13.1. The normalized spacial score (nSPS) is 22.3. The Kier molecular flexibility index (Phi) is 3.57. The van der Waals surface area contributed by atoms with Gasteiger partial charge in [0.1, 0.15) is 0 Å². The topological polar surface area (TPSA) is 49.3 Å². The van der Waals surface area contributed by atoms with E-state index in [4.69, 9.17) is 0 Å². The number of anilines is 1. The van der Waals surface area contributed by atoms with Crippen LogP contribution in [-0.4, -0.2) is 11.1 Å². The van der Waals surface area contributed by atoms with E-state index in [1.807, 2.05) is 12.1 Å². The Morgan fingerprint density at radius 2 is 1.78 bits per heavy atom. The molecule has 0 saturated heterocycles. The smallest absolute Gasteiger partial charge is 0.335 e. The molecule has 3 aromatic rings. The largest absolute Gasteiger partial charge is 0.478 e. The summed E-state index contributed by atoms with van der Waals surface area (Å²) in [6.45, 7) is 2.11. The molecule has 1 aliphatic carbocycles. The average Bonchev–Trinajstić information content (AvgIpc) is 3.07. The summed E-state index contributed by atoms with van der Waals surface area (Å²) in [6, 6.07) is 23.0. The number of aromatic carboxylic acids is 1. The van der Waals surface area contributed by atoms with Gasteiger partial charge in [0.25, 0.3) is 0 Å². The van der Waals surface area contributed by atoms with Crippen molar-refractivity contribution >= 4 is 11.7 Å². The molecule has 3 heteroatoms. The lowest BCUT2D eigenvalue weighted by molar-refractivity contribution is 0.0696. The van der Waals surface area contributed by atoms with Gasteiger partial charge in [-0.1, -0.05) is 54.1 Å². The van der Waals surface area contributed by atoms with Crippen LogP contribution in [0.25, 0.3) is 0 Å². The number of hydrogen-bond donors (Lipinski definition) is 2. The van der Waals surface area contributed by atoms with E-state index in [2.05, 4.69) is 60.8 Å². The van der Waals surface area contributed by atoms with Gasteiger partial charge in [-0.15, -0.1) is 0 Å². The fourth-order valence-electron chi connectivity index (χ4n) is 4.80. The highest BCUT2D eigenvalue weighted by molar-refractivity contribution is 5.89. The zero-order valence-electron chi connectivity index (χ0n) is 15.1. The van der Waals surface area contributed by atoms with Crippen LogP contribution < -0.4 is 5.32 Å². The maximum Gasteiger partial charge on any atom is 0.335 e. The van der Waals surface area contributed by atoms with Crippen molar-refractivity contribution < 1.29 is 9.90 Å². The van der Waals surface area contributed by atoms with E-state index >= 15 is 0 Å². The van der Waals surface area contributed by atoms with Gasteiger partial charge in [0.2, 0.25) is 0 Å². The van der Waals surface area contributed by atoms with E-state index in [9.17, 15) is 9.90 Å². The number of rotatable bonds is 2. The maximum atomic E-state index is 11.5. The Morgan fingerprint density at radius 1 is 1.00 bits per heavy atom. The third-order valence-electron chi connectivity index (χ3n) is 6.08. The van der Waals surface area contributed by atoms with E-state index in [-0.39, 0.29) is 12.0 Å². The maximum absolute atomic E-state index is 11.5. The van der Waals surface area contributed by atoms with Crippen LogP contribution in [-0.2, 0) is 6.42 Å². The first-order valence-corrected chi connectivity index (χ1v) is 9.40. The molecule has 0 amide bonds. The lowest BCUT2D eigenvalue weighted by Gasteiger charge is -2.38. The summed E-state index contributed by atoms with van der Waals surface area (Å²) in [5.41, 5.74) is 7.76. The van der Waals surface area contributed by atoms with E-state index in [1.54, 1.807) is 6.07 Å². The van der Waals surface area contributed by atoms with Gasteiger partial charge < -0.3 is 10.4 Å². The number of fused-ring (bicyclic) bond motifs is 5. The van der Waals surface area contributed by atoms with E-state index in [1.165, 1.54) is 22.3 Å². The number of carbonyl (C=O) groups is 1. The van der Waals surface area contributed by atoms with E-state index in [0.29, 0.717) is 11.5 Å². The summed E-state index contributed by atoms with van der Waals surface area (Å²) in [6.07, 6.45) is 1.00. The molecule has 27 heavy (non-hydrogen) atoms. The predicted octanol–water partition coefficient (Wildman–Crippen LogP) is 5.16. The zero-order chi connectivity index (χ0) is 18.5. The molecule has 0 spiro atoms. The van der Waals surface area contributed by atoms with Crippen molar-refractivity contribution in [3.63, 3.8) is 0 Å². The Labute approximate surface area is 158 Å². The summed E-state index contributed by atoms with van der Waals surface area (Å²) in [4.78, 5) is 11.5. The fraction of sp³-hybridized carbons (Fsp3) is 0.208. The molecular weight excluding hydrogens is 334 g/mol. The number of hydrogen-bond acceptors (Lipinski definition) is 2. The van der Waals surface area contributed by atoms with Crippen molar-refractivity contribution in [2.45, 2.75) is 25.3 Å². The first-order valence-electron chi connectivity index (χ1n) is 9.40. The van der Waals surface area contributed by atoms with Gasteiger partial charge in [0.15, 0.2) is 0 Å². The molecule has 0 unspecified atom stereocenters. The molecule has 0 saturated carbocycles. The molecule has 1 heterocycles. The van der Waals surface area contributed by atoms with Crippen molar-refractivity contribution in [3.05, 3.63) is 100 Å². The molecule has 3 atom stereocenters. The number of benzene rings is 3. The molecule has 5 rings (SSSR count). The number of aryl methyl sites for hydroxylation is 1. The third kappa shape index (κ3) is 2.54. The van der Waals surface area contributed by atoms with Crippen LogP contribution in [0.1, 0.15) is 50.1 Å². The quantitative estimate of drug-likeness (QED) is 0.667. The summed E-state index contributed by atoms with van der Waals surface area (Å²) in [7, 11) is 0. The molecule has 0 aromatic heterocycles. The monoisotopic (exact) mass is 355 g/mol. The fourth-order valence-corrected chi connectivity index (χ4v) is 4.80. The summed E-state index contributed by atoms with van der Waals surface area (Å²) >= 11 is 0. The minimum absolute atomic E-state index is 0.214. The second kappa shape index (κ2) is 5.98. The van der Waals surface area contributed by atoms with Crippen molar-refractivity contribution in [1.82, 2.24) is 0 Å². The highest BCUT2D eigenvalue weighted by Crippen LogP contribution is 2.53. The second-order valence-corrected chi connectivity index (χ2v) is 7.68. The number of nitrogens with one attached hydrogen (secondary N) is 1. The molecule has 1 aliphatic heterocycles. The lowest BCUT2D eigenvalue weighted by atomic mass is 9.75. The van der Waals surface area contributed by atoms with E-state index < -0.39 is 5.97 Å². The highest BCUT2D eigenvalue weighted by atomic mass is 16.4. The minimum atomic E-state index is -0.874. The lowest BCUT2D eigenvalue weighted by Crippen LogP contribution is -2.30. The van der Waals surface area contributed by atoms with Gasteiger partial charge in [0, 0.05) is 11.6 Å². The predicted molar refractivity (Wildman–Crippen MR) is 106 cm³/mol. The first kappa shape index (κ1) is 16.1. The molecule has 2 aliphatic rings. The van der Waals surface area contributed by atoms with Gasteiger partial charge in [-0.2, -0.15) is 0 Å². The van der Waals surface area contributed by atoms with Crippen molar-refractivity contribution in [2.24, 2.45) is 5.92 Å². The van der Waals surface area contributed by atoms with Crippen LogP contribution in [0.5, 0.6) is 0 Å². The standard InChI is InChI=1S/C24H21NO2/c1-14-6-8-15(9-7-14)23-20-12-16-4-2-3-5-18(16)22(20)19-13-17(24(26)27)10-11-21(19)25-23/h2-11,13,20,22-23,25H,12H2,1H3,(H,26,27)/t20-,22-,23-/m0/s1. The highest BCUT2D eigenvalue weighted by Gasteiger charge is 2.43. The molecule has 134 valence electrons. The van der Waals surface area contributed by atoms with Crippen molar-refractivity contribution in [3.8, 4) is 0 Å². The average molecular weight is 355 g/mol. The van der Waals surface area contributed by atoms with Crippen LogP contribution in [0.3, 0.4) is 0 Å². The molecule has 0 bridgehead atoms. The molecule has 2 N–H and O–H groups in total. The molecule has 0 radical (unpaired) electrons. The Hall–Kier alpha value is -3.07. The second-order valence-electron chi connectivity index (χ2n) is 7.68. The SMILES string of the molecule is Cc1ccc([C@@H]2Nc3ccc(C(=O)O)cc3[C@@H]3c4ccccc4C[C@@H]32)cc1. The molecule has 3 aromatic carbocycles. The molecule has 0 fully saturated rings. The van der Waals surface area contributed by atoms with Crippen molar-refractivity contribution in [2.75, 3.05) is 5.32 Å². The van der Waals surface area contributed by atoms with E-state index in [0.717, 1.165) is 17.7 Å². The molecule has 3 nitrogen and oxygen atoms in total. The van der Waals surface area contributed by atoms with Crippen LogP contribution >= 0.6 is 0 Å². The zero-order valence-corrected chi connectivity index (χ0v) is 15.1. The minimum Gasteiger partial charge on any atom is -0.478 e. The number of carboxylic acids is 1. The Bertz CT molecular complexity index is 1040. The van der Waals surface area contributed by atoms with Gasteiger partial charge in [-0.05, 0) is 59.7 Å².